The van der Waals surface area contributed by atoms with Crippen molar-refractivity contribution in [2.24, 2.45) is 11.0 Å². The van der Waals surface area contributed by atoms with Crippen LogP contribution in [0.25, 0.3) is 10.9 Å². The fourth-order valence-corrected chi connectivity index (χ4v) is 3.10. The smallest absolute Gasteiger partial charge is 0.282 e. The normalized spacial score (nSPS) is 11.9. The van der Waals surface area contributed by atoms with Crippen LogP contribution in [0.5, 0.6) is 0 Å². The lowest BCUT2D eigenvalue weighted by atomic mass is 10.2. The minimum Gasteiger partial charge on any atom is -0.348 e. The van der Waals surface area contributed by atoms with E-state index in [2.05, 4.69) is 48.4 Å². The number of rotatable bonds is 4. The van der Waals surface area contributed by atoms with E-state index in [9.17, 15) is 4.79 Å². The van der Waals surface area contributed by atoms with Crippen molar-refractivity contribution in [2.45, 2.75) is 41.2 Å². The number of fused-ring (bicyclic) bond motifs is 1. The van der Waals surface area contributed by atoms with Crippen molar-refractivity contribution in [1.82, 2.24) is 14.2 Å². The summed E-state index contributed by atoms with van der Waals surface area (Å²) in [5.41, 5.74) is 3.95. The Morgan fingerprint density at radius 3 is 2.64 bits per heavy atom. The van der Waals surface area contributed by atoms with Gasteiger partial charge in [0, 0.05) is 23.5 Å². The zero-order valence-corrected chi connectivity index (χ0v) is 15.4. The first kappa shape index (κ1) is 17.1. The summed E-state index contributed by atoms with van der Waals surface area (Å²) in [6.45, 7) is 11.4. The first-order valence-corrected chi connectivity index (χ1v) is 8.58. The molecule has 0 aliphatic heterocycles. The third-order valence-corrected chi connectivity index (χ3v) is 4.39. The lowest BCUT2D eigenvalue weighted by Crippen LogP contribution is -2.20. The molecule has 0 radical (unpaired) electrons. The highest BCUT2D eigenvalue weighted by atomic mass is 16.1. The first-order chi connectivity index (χ1) is 11.9. The Morgan fingerprint density at radius 2 is 1.92 bits per heavy atom. The van der Waals surface area contributed by atoms with Crippen LogP contribution in [0, 0.1) is 26.7 Å². The molecule has 5 heteroatoms. The zero-order valence-electron chi connectivity index (χ0n) is 15.4. The lowest BCUT2D eigenvalue weighted by molar-refractivity contribution is 0.509. The molecule has 1 aromatic carbocycles. The maximum Gasteiger partial charge on any atom is 0.282 e. The maximum absolute atomic E-state index is 12.7. The molecule has 0 N–H and O–H groups in total. The molecule has 0 saturated heterocycles. The highest BCUT2D eigenvalue weighted by Crippen LogP contribution is 2.15. The van der Waals surface area contributed by atoms with Crippen molar-refractivity contribution < 1.29 is 0 Å². The second-order valence-electron chi connectivity index (χ2n) is 6.87. The van der Waals surface area contributed by atoms with E-state index in [1.807, 2.05) is 18.2 Å². The van der Waals surface area contributed by atoms with Crippen LogP contribution in [-0.4, -0.2) is 20.4 Å². The Kier molecular flexibility index (Phi) is 4.57. The number of aromatic nitrogens is 3. The van der Waals surface area contributed by atoms with E-state index < -0.39 is 0 Å². The number of benzene rings is 1. The molecule has 0 atom stereocenters. The van der Waals surface area contributed by atoms with E-state index in [0.29, 0.717) is 22.6 Å². The molecule has 0 unspecified atom stereocenters. The molecule has 0 aliphatic carbocycles. The van der Waals surface area contributed by atoms with Gasteiger partial charge in [0.05, 0.1) is 17.1 Å². The summed E-state index contributed by atoms with van der Waals surface area (Å²) >= 11 is 0. The third kappa shape index (κ3) is 3.27. The van der Waals surface area contributed by atoms with Crippen LogP contribution in [0.15, 0.2) is 40.2 Å². The van der Waals surface area contributed by atoms with Crippen LogP contribution < -0.4 is 5.56 Å². The van der Waals surface area contributed by atoms with Gasteiger partial charge >= 0.3 is 0 Å². The summed E-state index contributed by atoms with van der Waals surface area (Å²) < 4.78 is 3.66. The Morgan fingerprint density at radius 1 is 1.20 bits per heavy atom. The molecule has 0 fully saturated rings. The summed E-state index contributed by atoms with van der Waals surface area (Å²) in [6.07, 6.45) is 1.75. The van der Waals surface area contributed by atoms with Crippen molar-refractivity contribution >= 4 is 17.1 Å². The van der Waals surface area contributed by atoms with Gasteiger partial charge in [-0.25, -0.2) is 4.98 Å². The molecule has 0 saturated carbocycles. The quantitative estimate of drug-likeness (QED) is 0.683. The van der Waals surface area contributed by atoms with Crippen LogP contribution in [-0.2, 0) is 6.54 Å². The van der Waals surface area contributed by atoms with Gasteiger partial charge in [0.1, 0.15) is 5.82 Å². The topological polar surface area (TPSA) is 52.2 Å². The minimum atomic E-state index is -0.143. The zero-order chi connectivity index (χ0) is 18.1. The Bertz CT molecular complexity index is 1010. The van der Waals surface area contributed by atoms with Crippen LogP contribution >= 0.6 is 0 Å². The fourth-order valence-electron chi connectivity index (χ4n) is 3.10. The molecule has 3 rings (SSSR count). The second-order valence-corrected chi connectivity index (χ2v) is 6.87. The Balaban J connectivity index is 2.04. The molecule has 25 heavy (non-hydrogen) atoms. The molecule has 130 valence electrons. The van der Waals surface area contributed by atoms with Crippen LogP contribution in [0.1, 0.15) is 36.6 Å². The standard InChI is InChI=1S/C20H24N4O/c1-13(2)12-23-14(3)10-17(15(23)4)11-21-24-16(5)22-19-9-7-6-8-18(19)20(24)25/h6-11,13H,12H2,1-5H3/b21-11-. The van der Waals surface area contributed by atoms with Crippen LogP contribution in [0.3, 0.4) is 0 Å². The van der Waals surface area contributed by atoms with Gasteiger partial charge in [-0.15, -0.1) is 0 Å². The predicted molar refractivity (Wildman–Crippen MR) is 102 cm³/mol. The van der Waals surface area contributed by atoms with Gasteiger partial charge in [-0.3, -0.25) is 4.79 Å². The van der Waals surface area contributed by atoms with Gasteiger partial charge in [-0.05, 0) is 44.9 Å². The van der Waals surface area contributed by atoms with Crippen molar-refractivity contribution in [3.05, 3.63) is 63.5 Å². The summed E-state index contributed by atoms with van der Waals surface area (Å²) in [5.74, 6) is 1.15. The van der Waals surface area contributed by atoms with Gasteiger partial charge in [0.15, 0.2) is 0 Å². The van der Waals surface area contributed by atoms with Crippen molar-refractivity contribution in [3.63, 3.8) is 0 Å². The van der Waals surface area contributed by atoms with E-state index in [4.69, 9.17) is 0 Å². The molecule has 0 spiro atoms. The lowest BCUT2D eigenvalue weighted by Gasteiger charge is -2.11. The minimum absolute atomic E-state index is 0.143. The molecular formula is C20H24N4O. The van der Waals surface area contributed by atoms with E-state index in [-0.39, 0.29) is 5.56 Å². The van der Waals surface area contributed by atoms with Crippen LogP contribution in [0.2, 0.25) is 0 Å². The molecule has 0 aliphatic rings. The third-order valence-electron chi connectivity index (χ3n) is 4.39. The van der Waals surface area contributed by atoms with Gasteiger partial charge < -0.3 is 4.57 Å². The second kappa shape index (κ2) is 6.67. The van der Waals surface area contributed by atoms with Gasteiger partial charge in [-0.1, -0.05) is 26.0 Å². The maximum atomic E-state index is 12.7. The molecule has 0 bridgehead atoms. The Hall–Kier alpha value is -2.69. The Labute approximate surface area is 147 Å². The number of hydrogen-bond acceptors (Lipinski definition) is 3. The van der Waals surface area contributed by atoms with Gasteiger partial charge in [0.25, 0.3) is 5.56 Å². The predicted octanol–water partition coefficient (Wildman–Crippen LogP) is 3.66. The average molecular weight is 336 g/mol. The molecular weight excluding hydrogens is 312 g/mol. The summed E-state index contributed by atoms with van der Waals surface area (Å²) in [5, 5.41) is 5.00. The average Bonchev–Trinajstić information content (AvgIpc) is 2.82. The van der Waals surface area contributed by atoms with E-state index >= 15 is 0 Å². The molecule has 2 heterocycles. The number of aryl methyl sites for hydroxylation is 2. The number of para-hydroxylation sites is 1. The molecule has 2 aromatic heterocycles. The van der Waals surface area contributed by atoms with Gasteiger partial charge in [0.2, 0.25) is 0 Å². The summed E-state index contributed by atoms with van der Waals surface area (Å²) in [4.78, 5) is 17.2. The van der Waals surface area contributed by atoms with Crippen LogP contribution in [0.4, 0.5) is 0 Å². The van der Waals surface area contributed by atoms with E-state index in [1.54, 1.807) is 19.2 Å². The van der Waals surface area contributed by atoms with E-state index in [1.165, 1.54) is 10.4 Å². The van der Waals surface area contributed by atoms with E-state index in [0.717, 1.165) is 17.8 Å². The SMILES string of the molecule is Cc1cc(/C=N\n2c(C)nc3ccccc3c2=O)c(C)n1CC(C)C. The summed E-state index contributed by atoms with van der Waals surface area (Å²) in [7, 11) is 0. The van der Waals surface area contributed by atoms with Crippen molar-refractivity contribution in [2.75, 3.05) is 0 Å². The highest BCUT2D eigenvalue weighted by Gasteiger charge is 2.10. The largest absolute Gasteiger partial charge is 0.348 e. The van der Waals surface area contributed by atoms with Crippen molar-refractivity contribution in [3.8, 4) is 0 Å². The first-order valence-electron chi connectivity index (χ1n) is 8.58. The fraction of sp³-hybridized carbons (Fsp3) is 0.350. The van der Waals surface area contributed by atoms with Crippen molar-refractivity contribution in [1.29, 1.82) is 0 Å². The van der Waals surface area contributed by atoms with Gasteiger partial charge in [-0.2, -0.15) is 9.78 Å². The molecule has 0 amide bonds. The number of hydrogen-bond donors (Lipinski definition) is 0. The summed E-state index contributed by atoms with van der Waals surface area (Å²) in [6, 6.07) is 9.46. The monoisotopic (exact) mass is 336 g/mol. The molecule has 5 nitrogen and oxygen atoms in total. The molecule has 3 aromatic rings. The highest BCUT2D eigenvalue weighted by molar-refractivity contribution is 5.82. The number of nitrogens with zero attached hydrogens (tertiary/aromatic N) is 4.